The molecule has 3 heterocycles. The minimum atomic E-state index is 0.498. The van der Waals surface area contributed by atoms with Crippen LogP contribution in [0.5, 0.6) is 0 Å². The van der Waals surface area contributed by atoms with Crippen LogP contribution in [-0.4, -0.2) is 46.2 Å². The average Bonchev–Trinajstić information content (AvgIpc) is 2.66. The van der Waals surface area contributed by atoms with E-state index in [2.05, 4.69) is 24.8 Å². The zero-order valence-electron chi connectivity index (χ0n) is 16.2. The maximum Gasteiger partial charge on any atom is 0.132 e. The number of anilines is 1. The Bertz CT molecular complexity index is 560. The standard InChI is InChI=1S/C9H13N3O.C5H5ClN2.2C2H6/c1-8-6-9(11-7-10-8)12-2-4-13-5-3-12;1-4-2-5(6)8-3-7-4;2*1-2/h6-7H,2-5H2,1H3;2-3H,1H3;2*1-2H3. The topological polar surface area (TPSA) is 64.0 Å². The van der Waals surface area contributed by atoms with Gasteiger partial charge in [-0.25, -0.2) is 19.9 Å². The van der Waals surface area contributed by atoms with E-state index >= 15 is 0 Å². The first-order valence-electron chi connectivity index (χ1n) is 8.70. The van der Waals surface area contributed by atoms with Gasteiger partial charge in [-0.3, -0.25) is 0 Å². The lowest BCUT2D eigenvalue weighted by Gasteiger charge is -2.27. The molecular weight excluding hydrogens is 338 g/mol. The second-order valence-corrected chi connectivity index (χ2v) is 4.99. The van der Waals surface area contributed by atoms with E-state index in [1.165, 1.54) is 6.33 Å². The van der Waals surface area contributed by atoms with Crippen molar-refractivity contribution >= 4 is 17.4 Å². The Morgan fingerprint density at radius 3 is 1.80 bits per heavy atom. The van der Waals surface area contributed by atoms with Gasteiger partial charge in [-0.2, -0.15) is 0 Å². The highest BCUT2D eigenvalue weighted by atomic mass is 35.5. The van der Waals surface area contributed by atoms with E-state index in [9.17, 15) is 0 Å². The van der Waals surface area contributed by atoms with Crippen LogP contribution in [0.25, 0.3) is 0 Å². The van der Waals surface area contributed by atoms with Crippen LogP contribution in [0.3, 0.4) is 0 Å². The molecule has 1 aliphatic heterocycles. The molecule has 1 fully saturated rings. The summed E-state index contributed by atoms with van der Waals surface area (Å²) < 4.78 is 5.27. The lowest BCUT2D eigenvalue weighted by molar-refractivity contribution is 0.122. The summed E-state index contributed by atoms with van der Waals surface area (Å²) in [6.07, 6.45) is 3.05. The van der Waals surface area contributed by atoms with Gasteiger partial charge in [-0.15, -0.1) is 0 Å². The molecule has 3 rings (SSSR count). The van der Waals surface area contributed by atoms with Gasteiger partial charge in [-0.05, 0) is 19.9 Å². The Morgan fingerprint density at radius 2 is 1.36 bits per heavy atom. The minimum Gasteiger partial charge on any atom is -0.378 e. The fraction of sp³-hybridized carbons (Fsp3) is 0.556. The molecule has 0 spiro atoms. The van der Waals surface area contributed by atoms with Gasteiger partial charge in [0.1, 0.15) is 23.6 Å². The van der Waals surface area contributed by atoms with Gasteiger partial charge < -0.3 is 9.64 Å². The van der Waals surface area contributed by atoms with E-state index in [1.54, 1.807) is 12.4 Å². The minimum absolute atomic E-state index is 0.498. The summed E-state index contributed by atoms with van der Waals surface area (Å²) in [5, 5.41) is 0.498. The van der Waals surface area contributed by atoms with Gasteiger partial charge in [0.05, 0.1) is 13.2 Å². The molecular formula is C18H30ClN5O. The number of hydrogen-bond acceptors (Lipinski definition) is 6. The smallest absolute Gasteiger partial charge is 0.132 e. The van der Waals surface area contributed by atoms with Crippen molar-refractivity contribution in [2.75, 3.05) is 31.2 Å². The number of nitrogens with zero attached hydrogens (tertiary/aromatic N) is 5. The molecule has 1 aliphatic rings. The molecule has 0 bridgehead atoms. The normalized spacial score (nSPS) is 12.5. The van der Waals surface area contributed by atoms with E-state index in [4.69, 9.17) is 16.3 Å². The van der Waals surface area contributed by atoms with Gasteiger partial charge >= 0.3 is 0 Å². The zero-order chi connectivity index (χ0) is 19.1. The molecule has 0 aromatic carbocycles. The lowest BCUT2D eigenvalue weighted by atomic mass is 10.3. The lowest BCUT2D eigenvalue weighted by Crippen LogP contribution is -2.36. The zero-order valence-corrected chi connectivity index (χ0v) is 16.9. The van der Waals surface area contributed by atoms with E-state index in [0.29, 0.717) is 5.15 Å². The van der Waals surface area contributed by atoms with Crippen molar-refractivity contribution in [2.45, 2.75) is 41.5 Å². The van der Waals surface area contributed by atoms with Crippen molar-refractivity contribution in [3.05, 3.63) is 41.3 Å². The van der Waals surface area contributed by atoms with Crippen molar-refractivity contribution in [3.63, 3.8) is 0 Å². The molecule has 0 radical (unpaired) electrons. The summed E-state index contributed by atoms with van der Waals surface area (Å²) in [6, 6.07) is 3.72. The molecule has 0 N–H and O–H groups in total. The fourth-order valence-electron chi connectivity index (χ4n) is 1.83. The molecule has 0 aliphatic carbocycles. The van der Waals surface area contributed by atoms with Crippen molar-refractivity contribution < 1.29 is 4.74 Å². The Labute approximate surface area is 156 Å². The monoisotopic (exact) mass is 367 g/mol. The van der Waals surface area contributed by atoms with Crippen molar-refractivity contribution in [1.29, 1.82) is 0 Å². The fourth-order valence-corrected chi connectivity index (χ4v) is 2.03. The molecule has 25 heavy (non-hydrogen) atoms. The quantitative estimate of drug-likeness (QED) is 0.706. The van der Waals surface area contributed by atoms with E-state index < -0.39 is 0 Å². The highest BCUT2D eigenvalue weighted by molar-refractivity contribution is 6.29. The molecule has 0 atom stereocenters. The van der Waals surface area contributed by atoms with Gasteiger partial charge in [0.25, 0.3) is 0 Å². The van der Waals surface area contributed by atoms with Crippen LogP contribution in [0.4, 0.5) is 5.82 Å². The summed E-state index contributed by atoms with van der Waals surface area (Å²) in [4.78, 5) is 18.0. The van der Waals surface area contributed by atoms with Gasteiger partial charge in [0.2, 0.25) is 0 Å². The number of aromatic nitrogens is 4. The molecule has 0 amide bonds. The molecule has 6 nitrogen and oxygen atoms in total. The summed E-state index contributed by atoms with van der Waals surface area (Å²) in [5.74, 6) is 1.01. The molecule has 140 valence electrons. The number of morpholine rings is 1. The van der Waals surface area contributed by atoms with Crippen LogP contribution in [-0.2, 0) is 4.74 Å². The first-order chi connectivity index (χ1) is 12.1. The van der Waals surface area contributed by atoms with Crippen LogP contribution in [0.15, 0.2) is 24.8 Å². The number of halogens is 1. The molecule has 0 saturated carbocycles. The van der Waals surface area contributed by atoms with E-state index in [0.717, 1.165) is 43.5 Å². The summed E-state index contributed by atoms with van der Waals surface area (Å²) >= 11 is 5.49. The summed E-state index contributed by atoms with van der Waals surface area (Å²) in [6.45, 7) is 15.3. The van der Waals surface area contributed by atoms with Crippen LogP contribution in [0, 0.1) is 13.8 Å². The third-order valence-corrected chi connectivity index (χ3v) is 3.10. The van der Waals surface area contributed by atoms with Crippen molar-refractivity contribution in [1.82, 2.24) is 19.9 Å². The van der Waals surface area contributed by atoms with Crippen LogP contribution < -0.4 is 4.90 Å². The number of ether oxygens (including phenoxy) is 1. The highest BCUT2D eigenvalue weighted by Gasteiger charge is 2.11. The molecule has 2 aromatic heterocycles. The predicted molar refractivity (Wildman–Crippen MR) is 104 cm³/mol. The van der Waals surface area contributed by atoms with Crippen LogP contribution >= 0.6 is 11.6 Å². The largest absolute Gasteiger partial charge is 0.378 e. The van der Waals surface area contributed by atoms with Crippen LogP contribution in [0.1, 0.15) is 39.1 Å². The average molecular weight is 368 g/mol. The maximum atomic E-state index is 5.49. The predicted octanol–water partition coefficient (Wildman–Crippen LogP) is 4.11. The Hall–Kier alpha value is -1.79. The number of hydrogen-bond donors (Lipinski definition) is 0. The van der Waals surface area contributed by atoms with Gasteiger partial charge in [0.15, 0.2) is 0 Å². The third kappa shape index (κ3) is 9.94. The van der Waals surface area contributed by atoms with Crippen molar-refractivity contribution in [2.24, 2.45) is 0 Å². The third-order valence-electron chi connectivity index (χ3n) is 2.89. The van der Waals surface area contributed by atoms with E-state index in [-0.39, 0.29) is 0 Å². The first-order valence-corrected chi connectivity index (χ1v) is 9.08. The van der Waals surface area contributed by atoms with Crippen LogP contribution in [0.2, 0.25) is 5.15 Å². The molecule has 7 heteroatoms. The van der Waals surface area contributed by atoms with Gasteiger partial charge in [-0.1, -0.05) is 39.3 Å². The second-order valence-electron chi connectivity index (χ2n) is 4.60. The second kappa shape index (κ2) is 14.5. The highest BCUT2D eigenvalue weighted by Crippen LogP contribution is 2.11. The summed E-state index contributed by atoms with van der Waals surface area (Å²) in [7, 11) is 0. The van der Waals surface area contributed by atoms with E-state index in [1.807, 2.05) is 47.6 Å². The Morgan fingerprint density at radius 1 is 0.840 bits per heavy atom. The Kier molecular flexibility index (Phi) is 13.5. The molecule has 0 unspecified atom stereocenters. The Balaban J connectivity index is 0.000000414. The summed E-state index contributed by atoms with van der Waals surface area (Å²) in [5.41, 5.74) is 1.90. The first kappa shape index (κ1) is 23.2. The molecule has 1 saturated heterocycles. The SMILES string of the molecule is CC.CC.Cc1cc(Cl)ncn1.Cc1cc(N2CCOCC2)ncn1. The number of aryl methyl sites for hydroxylation is 2. The molecule has 2 aromatic rings. The van der Waals surface area contributed by atoms with Gasteiger partial charge in [0, 0.05) is 30.5 Å². The van der Waals surface area contributed by atoms with Crippen molar-refractivity contribution in [3.8, 4) is 0 Å². The maximum absolute atomic E-state index is 5.49. The number of rotatable bonds is 1.